The Morgan fingerprint density at radius 3 is 2.86 bits per heavy atom. The van der Waals surface area contributed by atoms with Crippen molar-refractivity contribution < 1.29 is 9.53 Å². The molecule has 116 valence electrons. The lowest BCUT2D eigenvalue weighted by atomic mass is 10.1. The molecule has 0 radical (unpaired) electrons. The van der Waals surface area contributed by atoms with E-state index in [-0.39, 0.29) is 12.0 Å². The number of aromatic nitrogens is 3. The number of ether oxygens (including phenoxy) is 1. The zero-order valence-electron chi connectivity index (χ0n) is 12.9. The number of carbonyl (C=O) groups is 1. The molecular weight excluding hydrogens is 280 g/mol. The van der Waals surface area contributed by atoms with Crippen molar-refractivity contribution in [3.8, 4) is 0 Å². The average molecular weight is 300 g/mol. The Morgan fingerprint density at radius 2 is 2.18 bits per heavy atom. The molecule has 0 saturated carbocycles. The van der Waals surface area contributed by atoms with E-state index in [1.165, 1.54) is 0 Å². The van der Waals surface area contributed by atoms with Crippen molar-refractivity contribution in [2.75, 3.05) is 19.7 Å². The first-order chi connectivity index (χ1) is 10.7. The zero-order chi connectivity index (χ0) is 15.5. The summed E-state index contributed by atoms with van der Waals surface area (Å²) in [7, 11) is 0. The molecule has 1 fully saturated rings. The maximum atomic E-state index is 12.6. The number of nitrogens with zero attached hydrogens (tertiary/aromatic N) is 4. The van der Waals surface area contributed by atoms with Crippen LogP contribution in [-0.2, 0) is 11.3 Å². The van der Waals surface area contributed by atoms with Crippen molar-refractivity contribution in [2.45, 2.75) is 26.5 Å². The topological polar surface area (TPSA) is 60.2 Å². The third kappa shape index (κ3) is 2.87. The van der Waals surface area contributed by atoms with Crippen LogP contribution in [0.1, 0.15) is 34.8 Å². The van der Waals surface area contributed by atoms with Gasteiger partial charge in [-0.25, -0.2) is 0 Å². The molecule has 2 aromatic rings. The highest BCUT2D eigenvalue weighted by atomic mass is 16.5. The number of carbonyl (C=O) groups excluding carboxylic acids is 1. The number of hydrogen-bond acceptors (Lipinski definition) is 4. The van der Waals surface area contributed by atoms with Crippen molar-refractivity contribution in [2.24, 2.45) is 0 Å². The van der Waals surface area contributed by atoms with Gasteiger partial charge in [-0.15, -0.1) is 0 Å². The molecule has 22 heavy (non-hydrogen) atoms. The molecule has 6 nitrogen and oxygen atoms in total. The summed E-state index contributed by atoms with van der Waals surface area (Å²) in [4.78, 5) is 18.5. The monoisotopic (exact) mass is 300 g/mol. The lowest BCUT2D eigenvalue weighted by Gasteiger charge is -2.32. The molecule has 0 aromatic carbocycles. The normalized spacial score (nSPS) is 18.5. The molecule has 1 aliphatic rings. The van der Waals surface area contributed by atoms with Crippen molar-refractivity contribution >= 4 is 5.91 Å². The molecule has 3 heterocycles. The van der Waals surface area contributed by atoms with E-state index in [1.807, 2.05) is 41.6 Å². The molecule has 1 unspecified atom stereocenters. The fraction of sp³-hybridized carbons (Fsp3) is 0.438. The maximum Gasteiger partial charge on any atom is 0.274 e. The molecule has 0 spiro atoms. The summed E-state index contributed by atoms with van der Waals surface area (Å²) in [6, 6.07) is 5.70. The molecule has 1 aliphatic heterocycles. The van der Waals surface area contributed by atoms with Gasteiger partial charge < -0.3 is 9.64 Å². The summed E-state index contributed by atoms with van der Waals surface area (Å²) in [6.07, 6.45) is 3.38. The van der Waals surface area contributed by atoms with E-state index >= 15 is 0 Å². The van der Waals surface area contributed by atoms with Gasteiger partial charge in [0.1, 0.15) is 6.10 Å². The zero-order valence-corrected chi connectivity index (χ0v) is 12.9. The summed E-state index contributed by atoms with van der Waals surface area (Å²) < 4.78 is 7.62. The predicted octanol–water partition coefficient (Wildman–Crippen LogP) is 1.82. The van der Waals surface area contributed by atoms with E-state index in [1.54, 1.807) is 12.4 Å². The molecule has 1 amide bonds. The number of pyridine rings is 1. The molecule has 1 atom stereocenters. The standard InChI is InChI=1S/C16H20N4O2/c1-3-20-12(2)10-14(18-20)16(21)19-8-9-22-15(11-19)13-4-6-17-7-5-13/h4-7,10,15H,3,8-9,11H2,1-2H3. The van der Waals surface area contributed by atoms with E-state index in [0.717, 1.165) is 17.8 Å². The number of rotatable bonds is 3. The Bertz CT molecular complexity index is 653. The first-order valence-corrected chi connectivity index (χ1v) is 7.54. The lowest BCUT2D eigenvalue weighted by Crippen LogP contribution is -2.42. The summed E-state index contributed by atoms with van der Waals surface area (Å²) >= 11 is 0. The highest BCUT2D eigenvalue weighted by Crippen LogP contribution is 2.22. The second-order valence-electron chi connectivity index (χ2n) is 5.38. The minimum absolute atomic E-state index is 0.0299. The second kappa shape index (κ2) is 6.27. The van der Waals surface area contributed by atoms with Crippen LogP contribution >= 0.6 is 0 Å². The van der Waals surface area contributed by atoms with E-state index in [9.17, 15) is 4.79 Å². The molecule has 3 rings (SSSR count). The lowest BCUT2D eigenvalue weighted by molar-refractivity contribution is -0.0230. The van der Waals surface area contributed by atoms with Gasteiger partial charge in [0.2, 0.25) is 0 Å². The third-order valence-electron chi connectivity index (χ3n) is 3.93. The Morgan fingerprint density at radius 1 is 1.41 bits per heavy atom. The Kier molecular flexibility index (Phi) is 4.20. The molecule has 0 bridgehead atoms. The smallest absolute Gasteiger partial charge is 0.274 e. The Balaban J connectivity index is 1.75. The number of aryl methyl sites for hydroxylation is 2. The van der Waals surface area contributed by atoms with Gasteiger partial charge in [0.25, 0.3) is 5.91 Å². The van der Waals surface area contributed by atoms with Gasteiger partial charge in [-0.3, -0.25) is 14.5 Å². The van der Waals surface area contributed by atoms with Crippen molar-refractivity contribution in [3.63, 3.8) is 0 Å². The quantitative estimate of drug-likeness (QED) is 0.867. The van der Waals surface area contributed by atoms with Crippen molar-refractivity contribution in [1.29, 1.82) is 0 Å². The van der Waals surface area contributed by atoms with Crippen LogP contribution in [0.4, 0.5) is 0 Å². The number of amides is 1. The molecule has 0 N–H and O–H groups in total. The van der Waals surface area contributed by atoms with Crippen molar-refractivity contribution in [3.05, 3.63) is 47.5 Å². The van der Waals surface area contributed by atoms with Crippen molar-refractivity contribution in [1.82, 2.24) is 19.7 Å². The van der Waals surface area contributed by atoms with E-state index in [2.05, 4.69) is 10.1 Å². The van der Waals surface area contributed by atoms with Gasteiger partial charge in [0, 0.05) is 31.2 Å². The molecule has 6 heteroatoms. The fourth-order valence-electron chi connectivity index (χ4n) is 2.71. The SMILES string of the molecule is CCn1nc(C(=O)N2CCOC(c3ccncc3)C2)cc1C. The summed E-state index contributed by atoms with van der Waals surface area (Å²) in [5.74, 6) is -0.0299. The van der Waals surface area contributed by atoms with Crippen LogP contribution in [0, 0.1) is 6.92 Å². The molecule has 0 aliphatic carbocycles. The first-order valence-electron chi connectivity index (χ1n) is 7.54. The number of morpholine rings is 1. The van der Waals surface area contributed by atoms with Gasteiger partial charge in [-0.2, -0.15) is 5.10 Å². The van der Waals surface area contributed by atoms with Crippen LogP contribution in [0.3, 0.4) is 0 Å². The minimum Gasteiger partial charge on any atom is -0.370 e. The van der Waals surface area contributed by atoms with Gasteiger partial charge >= 0.3 is 0 Å². The van der Waals surface area contributed by atoms with Crippen LogP contribution in [0.15, 0.2) is 30.6 Å². The minimum atomic E-state index is -0.102. The van der Waals surface area contributed by atoms with Crippen LogP contribution in [0.2, 0.25) is 0 Å². The Hall–Kier alpha value is -2.21. The van der Waals surface area contributed by atoms with E-state index in [0.29, 0.717) is 25.4 Å². The fourth-order valence-corrected chi connectivity index (χ4v) is 2.71. The Labute approximate surface area is 129 Å². The van der Waals surface area contributed by atoms with Crippen LogP contribution in [0.25, 0.3) is 0 Å². The van der Waals surface area contributed by atoms with Gasteiger partial charge in [0.15, 0.2) is 5.69 Å². The van der Waals surface area contributed by atoms with Gasteiger partial charge in [0.05, 0.1) is 13.2 Å². The van der Waals surface area contributed by atoms with Gasteiger partial charge in [-0.1, -0.05) is 0 Å². The van der Waals surface area contributed by atoms with Gasteiger partial charge in [-0.05, 0) is 37.6 Å². The van der Waals surface area contributed by atoms with Crippen LogP contribution in [0.5, 0.6) is 0 Å². The first kappa shape index (κ1) is 14.7. The second-order valence-corrected chi connectivity index (χ2v) is 5.38. The average Bonchev–Trinajstić information content (AvgIpc) is 2.96. The highest BCUT2D eigenvalue weighted by molar-refractivity contribution is 5.92. The molecule has 1 saturated heterocycles. The summed E-state index contributed by atoms with van der Waals surface area (Å²) in [6.45, 7) is 6.42. The molecule has 2 aromatic heterocycles. The summed E-state index contributed by atoms with van der Waals surface area (Å²) in [5, 5.41) is 4.38. The maximum absolute atomic E-state index is 12.6. The van der Waals surface area contributed by atoms with Crippen LogP contribution < -0.4 is 0 Å². The molecular formula is C16H20N4O2. The van der Waals surface area contributed by atoms with E-state index in [4.69, 9.17) is 4.74 Å². The largest absolute Gasteiger partial charge is 0.370 e. The highest BCUT2D eigenvalue weighted by Gasteiger charge is 2.27. The predicted molar refractivity (Wildman–Crippen MR) is 81.5 cm³/mol. The van der Waals surface area contributed by atoms with E-state index < -0.39 is 0 Å². The van der Waals surface area contributed by atoms with Crippen LogP contribution in [-0.4, -0.2) is 45.3 Å². The number of hydrogen-bond donors (Lipinski definition) is 0. The summed E-state index contributed by atoms with van der Waals surface area (Å²) in [5.41, 5.74) is 2.56. The third-order valence-corrected chi connectivity index (χ3v) is 3.93.